The second-order valence-corrected chi connectivity index (χ2v) is 5.86. The van der Waals surface area contributed by atoms with Crippen LogP contribution in [0.25, 0.3) is 11.0 Å². The lowest BCUT2D eigenvalue weighted by Gasteiger charge is -2.08. The van der Waals surface area contributed by atoms with Crippen LogP contribution in [0.5, 0.6) is 5.75 Å². The Morgan fingerprint density at radius 3 is 2.29 bits per heavy atom. The first-order valence-electron chi connectivity index (χ1n) is 7.80. The Labute approximate surface area is 140 Å². The zero-order valence-electron chi connectivity index (χ0n) is 13.9. The van der Waals surface area contributed by atoms with Gasteiger partial charge in [0.15, 0.2) is 0 Å². The van der Waals surface area contributed by atoms with Crippen LogP contribution in [-0.2, 0) is 0 Å². The molecule has 0 aliphatic heterocycles. The van der Waals surface area contributed by atoms with E-state index in [2.05, 4.69) is 25.7 Å². The van der Waals surface area contributed by atoms with Gasteiger partial charge in [0.2, 0.25) is 0 Å². The Hall–Kier alpha value is -2.99. The first-order chi connectivity index (χ1) is 11.6. The van der Waals surface area contributed by atoms with Crippen LogP contribution in [0.15, 0.2) is 57.7 Å². The minimum atomic E-state index is -0.316. The van der Waals surface area contributed by atoms with Crippen molar-refractivity contribution in [1.29, 1.82) is 0 Å². The van der Waals surface area contributed by atoms with Gasteiger partial charge in [0.05, 0.1) is 7.11 Å². The summed E-state index contributed by atoms with van der Waals surface area (Å²) in [5.74, 6) is 7.35. The van der Waals surface area contributed by atoms with Gasteiger partial charge >= 0.3 is 5.63 Å². The van der Waals surface area contributed by atoms with Gasteiger partial charge in [-0.1, -0.05) is 25.7 Å². The number of benzene rings is 2. The number of hydrogen-bond donors (Lipinski definition) is 0. The Morgan fingerprint density at radius 1 is 0.958 bits per heavy atom. The highest BCUT2D eigenvalue weighted by Gasteiger charge is 2.09. The van der Waals surface area contributed by atoms with Crippen molar-refractivity contribution in [2.45, 2.75) is 19.8 Å². The molecular weight excluding hydrogens is 300 g/mol. The standard InChI is InChI=1S/C21H18O3/c1-14(2)18-13-21(22)24-20-11-8-16(12-19(18)20)5-4-15-6-9-17(23-3)10-7-15/h6-14H,1-3H3. The fourth-order valence-electron chi connectivity index (χ4n) is 2.56. The van der Waals surface area contributed by atoms with Crippen LogP contribution in [0.4, 0.5) is 0 Å². The molecule has 0 N–H and O–H groups in total. The van der Waals surface area contributed by atoms with Crippen LogP contribution in [0.2, 0.25) is 0 Å². The van der Waals surface area contributed by atoms with E-state index in [1.165, 1.54) is 0 Å². The summed E-state index contributed by atoms with van der Waals surface area (Å²) in [5, 5.41) is 0.936. The Morgan fingerprint density at radius 2 is 1.62 bits per heavy atom. The molecule has 0 radical (unpaired) electrons. The van der Waals surface area contributed by atoms with Crippen LogP contribution in [0.3, 0.4) is 0 Å². The van der Waals surface area contributed by atoms with Crippen molar-refractivity contribution < 1.29 is 9.15 Å². The lowest BCUT2D eigenvalue weighted by molar-refractivity contribution is 0.415. The normalized spacial score (nSPS) is 10.5. The molecular formula is C21H18O3. The van der Waals surface area contributed by atoms with Gasteiger partial charge in [0, 0.05) is 22.6 Å². The summed E-state index contributed by atoms with van der Waals surface area (Å²) in [6.45, 7) is 4.12. The highest BCUT2D eigenvalue weighted by molar-refractivity contribution is 5.82. The van der Waals surface area contributed by atoms with E-state index in [1.54, 1.807) is 19.2 Å². The molecule has 3 aromatic rings. The zero-order valence-corrected chi connectivity index (χ0v) is 13.9. The predicted octanol–water partition coefficient (Wildman–Crippen LogP) is 4.32. The van der Waals surface area contributed by atoms with E-state index in [9.17, 15) is 4.79 Å². The third-order valence-corrected chi connectivity index (χ3v) is 3.84. The van der Waals surface area contributed by atoms with Gasteiger partial charge in [0.25, 0.3) is 0 Å². The maximum absolute atomic E-state index is 11.7. The van der Waals surface area contributed by atoms with Crippen molar-refractivity contribution >= 4 is 11.0 Å². The van der Waals surface area contributed by atoms with Crippen molar-refractivity contribution in [2.75, 3.05) is 7.11 Å². The molecule has 0 saturated heterocycles. The molecule has 3 rings (SSSR count). The fourth-order valence-corrected chi connectivity index (χ4v) is 2.56. The topological polar surface area (TPSA) is 39.4 Å². The summed E-state index contributed by atoms with van der Waals surface area (Å²) in [6, 6.07) is 14.8. The highest BCUT2D eigenvalue weighted by Crippen LogP contribution is 2.24. The van der Waals surface area contributed by atoms with E-state index < -0.39 is 0 Å². The molecule has 1 aromatic heterocycles. The Kier molecular flexibility index (Phi) is 4.39. The SMILES string of the molecule is COc1ccc(C#Cc2ccc3oc(=O)cc(C(C)C)c3c2)cc1. The largest absolute Gasteiger partial charge is 0.497 e. The minimum Gasteiger partial charge on any atom is -0.497 e. The smallest absolute Gasteiger partial charge is 0.336 e. The molecule has 120 valence electrons. The molecule has 0 aliphatic carbocycles. The van der Waals surface area contributed by atoms with Crippen molar-refractivity contribution in [3.05, 3.63) is 75.6 Å². The van der Waals surface area contributed by atoms with E-state index in [4.69, 9.17) is 9.15 Å². The van der Waals surface area contributed by atoms with E-state index in [0.717, 1.165) is 27.8 Å². The number of methoxy groups -OCH3 is 1. The van der Waals surface area contributed by atoms with E-state index >= 15 is 0 Å². The predicted molar refractivity (Wildman–Crippen MR) is 95.5 cm³/mol. The molecule has 0 spiro atoms. The zero-order chi connectivity index (χ0) is 17.1. The van der Waals surface area contributed by atoms with Crippen LogP contribution < -0.4 is 10.4 Å². The summed E-state index contributed by atoms with van der Waals surface area (Å²) >= 11 is 0. The molecule has 1 heterocycles. The van der Waals surface area contributed by atoms with Crippen molar-refractivity contribution in [3.63, 3.8) is 0 Å². The lowest BCUT2D eigenvalue weighted by Crippen LogP contribution is -2.02. The van der Waals surface area contributed by atoms with Crippen LogP contribution in [0.1, 0.15) is 36.5 Å². The second kappa shape index (κ2) is 6.64. The number of fused-ring (bicyclic) bond motifs is 1. The maximum Gasteiger partial charge on any atom is 0.336 e. The Bertz CT molecular complexity index is 983. The molecule has 0 amide bonds. The van der Waals surface area contributed by atoms with E-state index in [-0.39, 0.29) is 11.5 Å². The molecule has 0 fully saturated rings. The summed E-state index contributed by atoms with van der Waals surface area (Å²) in [4.78, 5) is 11.7. The molecule has 3 nitrogen and oxygen atoms in total. The summed E-state index contributed by atoms with van der Waals surface area (Å²) in [5.41, 5.74) is 3.06. The van der Waals surface area contributed by atoms with Gasteiger partial charge in [-0.25, -0.2) is 4.79 Å². The van der Waals surface area contributed by atoms with Crippen molar-refractivity contribution in [1.82, 2.24) is 0 Å². The first kappa shape index (κ1) is 15.9. The summed E-state index contributed by atoms with van der Waals surface area (Å²) in [7, 11) is 1.64. The molecule has 3 heteroatoms. The van der Waals surface area contributed by atoms with E-state index in [0.29, 0.717) is 5.58 Å². The van der Waals surface area contributed by atoms with E-state index in [1.807, 2.05) is 36.4 Å². The fraction of sp³-hybridized carbons (Fsp3) is 0.190. The lowest BCUT2D eigenvalue weighted by atomic mass is 9.98. The number of hydrogen-bond acceptors (Lipinski definition) is 3. The van der Waals surface area contributed by atoms with Crippen LogP contribution >= 0.6 is 0 Å². The van der Waals surface area contributed by atoms with Crippen molar-refractivity contribution in [3.8, 4) is 17.6 Å². The summed E-state index contributed by atoms with van der Waals surface area (Å²) in [6.07, 6.45) is 0. The van der Waals surface area contributed by atoms with Gasteiger partial charge < -0.3 is 9.15 Å². The maximum atomic E-state index is 11.7. The third-order valence-electron chi connectivity index (χ3n) is 3.84. The van der Waals surface area contributed by atoms with Crippen LogP contribution in [-0.4, -0.2) is 7.11 Å². The summed E-state index contributed by atoms with van der Waals surface area (Å²) < 4.78 is 10.4. The first-order valence-corrected chi connectivity index (χ1v) is 7.80. The minimum absolute atomic E-state index is 0.237. The number of rotatable bonds is 2. The quantitative estimate of drug-likeness (QED) is 0.522. The van der Waals surface area contributed by atoms with Crippen LogP contribution in [0, 0.1) is 11.8 Å². The molecule has 0 aliphatic rings. The highest BCUT2D eigenvalue weighted by atomic mass is 16.5. The van der Waals surface area contributed by atoms with Gasteiger partial charge in [-0.2, -0.15) is 0 Å². The average molecular weight is 318 g/mol. The Balaban J connectivity index is 2.02. The third kappa shape index (κ3) is 3.33. The molecule has 2 aromatic carbocycles. The average Bonchev–Trinajstić information content (AvgIpc) is 2.59. The number of ether oxygens (including phenoxy) is 1. The molecule has 0 saturated carbocycles. The monoisotopic (exact) mass is 318 g/mol. The second-order valence-electron chi connectivity index (χ2n) is 5.86. The molecule has 0 unspecified atom stereocenters. The molecule has 0 atom stereocenters. The molecule has 0 bridgehead atoms. The molecule has 24 heavy (non-hydrogen) atoms. The van der Waals surface area contributed by atoms with Crippen molar-refractivity contribution in [2.24, 2.45) is 0 Å². The van der Waals surface area contributed by atoms with Gasteiger partial charge in [-0.3, -0.25) is 0 Å². The van der Waals surface area contributed by atoms with Gasteiger partial charge in [-0.05, 0) is 53.9 Å². The van der Waals surface area contributed by atoms with Gasteiger partial charge in [-0.15, -0.1) is 0 Å². The van der Waals surface area contributed by atoms with Gasteiger partial charge in [0.1, 0.15) is 11.3 Å².